The molecule has 0 aliphatic carbocycles. The standard InChI is InChI=1S/C13H14N4O4/c1-3-21-10-6-4-9(5-7-10)14-13(18)11-8-12(17(19)20)15-16(11)2/h4-8H,3H2,1-2H3,(H,14,18). The molecule has 0 aliphatic heterocycles. The van der Waals surface area contributed by atoms with Gasteiger partial charge in [-0.05, 0) is 36.1 Å². The Kier molecular flexibility index (Phi) is 4.17. The number of nitro groups is 1. The van der Waals surface area contributed by atoms with Gasteiger partial charge in [0.1, 0.15) is 5.75 Å². The van der Waals surface area contributed by atoms with Crippen LogP contribution in [0.25, 0.3) is 0 Å². The highest BCUT2D eigenvalue weighted by Crippen LogP contribution is 2.17. The van der Waals surface area contributed by atoms with Gasteiger partial charge >= 0.3 is 5.82 Å². The normalized spacial score (nSPS) is 10.2. The number of ether oxygens (including phenoxy) is 1. The van der Waals surface area contributed by atoms with Crippen molar-refractivity contribution in [2.45, 2.75) is 6.92 Å². The van der Waals surface area contributed by atoms with Crippen LogP contribution < -0.4 is 10.1 Å². The number of carbonyl (C=O) groups is 1. The SMILES string of the molecule is CCOc1ccc(NC(=O)c2cc([N+](=O)[O-])nn2C)cc1. The minimum absolute atomic E-state index is 0.107. The molecular formula is C13H14N4O4. The number of anilines is 1. The number of amides is 1. The van der Waals surface area contributed by atoms with E-state index in [1.807, 2.05) is 6.92 Å². The zero-order valence-corrected chi connectivity index (χ0v) is 11.6. The minimum atomic E-state index is -0.645. The first-order valence-corrected chi connectivity index (χ1v) is 6.24. The molecular weight excluding hydrogens is 276 g/mol. The number of aromatic nitrogens is 2. The van der Waals surface area contributed by atoms with Crippen LogP contribution in [0.2, 0.25) is 0 Å². The van der Waals surface area contributed by atoms with Crippen molar-refractivity contribution in [1.29, 1.82) is 0 Å². The third-order valence-electron chi connectivity index (χ3n) is 2.71. The van der Waals surface area contributed by atoms with Gasteiger partial charge in [0.05, 0.1) is 24.8 Å². The van der Waals surface area contributed by atoms with Gasteiger partial charge < -0.3 is 20.2 Å². The summed E-state index contributed by atoms with van der Waals surface area (Å²) in [5.74, 6) is -0.136. The predicted octanol–water partition coefficient (Wildman–Crippen LogP) is 1.98. The van der Waals surface area contributed by atoms with Crippen LogP contribution in [0, 0.1) is 10.1 Å². The molecule has 8 heteroatoms. The molecule has 0 saturated carbocycles. The molecule has 0 fully saturated rings. The van der Waals surface area contributed by atoms with E-state index in [4.69, 9.17) is 4.74 Å². The van der Waals surface area contributed by atoms with Gasteiger partial charge in [0.25, 0.3) is 5.91 Å². The Morgan fingerprint density at radius 1 is 1.43 bits per heavy atom. The first kappa shape index (κ1) is 14.5. The Bertz CT molecular complexity index is 663. The highest BCUT2D eigenvalue weighted by molar-refractivity contribution is 6.03. The lowest BCUT2D eigenvalue weighted by molar-refractivity contribution is -0.389. The molecule has 1 aromatic heterocycles. The number of benzene rings is 1. The van der Waals surface area contributed by atoms with Crippen LogP contribution in [0.5, 0.6) is 5.75 Å². The van der Waals surface area contributed by atoms with E-state index >= 15 is 0 Å². The molecule has 8 nitrogen and oxygen atoms in total. The van der Waals surface area contributed by atoms with Crippen LogP contribution in [-0.2, 0) is 7.05 Å². The average molecular weight is 290 g/mol. The van der Waals surface area contributed by atoms with Crippen LogP contribution in [0.3, 0.4) is 0 Å². The molecule has 0 radical (unpaired) electrons. The van der Waals surface area contributed by atoms with E-state index < -0.39 is 10.8 Å². The lowest BCUT2D eigenvalue weighted by Crippen LogP contribution is -2.15. The van der Waals surface area contributed by atoms with Gasteiger partial charge in [-0.2, -0.15) is 4.68 Å². The van der Waals surface area contributed by atoms with E-state index in [-0.39, 0.29) is 11.5 Å². The van der Waals surface area contributed by atoms with Gasteiger partial charge in [-0.15, -0.1) is 0 Å². The molecule has 0 spiro atoms. The summed E-state index contributed by atoms with van der Waals surface area (Å²) in [6.45, 7) is 2.44. The number of nitrogens with one attached hydrogen (secondary N) is 1. The van der Waals surface area contributed by atoms with E-state index in [1.54, 1.807) is 24.3 Å². The Labute approximate surface area is 120 Å². The predicted molar refractivity (Wildman–Crippen MR) is 75.4 cm³/mol. The topological polar surface area (TPSA) is 99.3 Å². The Morgan fingerprint density at radius 3 is 2.62 bits per heavy atom. The number of hydrogen-bond acceptors (Lipinski definition) is 5. The fourth-order valence-corrected chi connectivity index (χ4v) is 1.75. The molecule has 1 amide bonds. The van der Waals surface area contributed by atoms with E-state index in [2.05, 4.69) is 10.4 Å². The summed E-state index contributed by atoms with van der Waals surface area (Å²) in [6, 6.07) is 7.96. The molecule has 1 aromatic carbocycles. The summed E-state index contributed by atoms with van der Waals surface area (Å²) in [5.41, 5.74) is 0.669. The average Bonchev–Trinajstić information content (AvgIpc) is 2.84. The maximum absolute atomic E-state index is 12.1. The molecule has 0 bridgehead atoms. The zero-order valence-electron chi connectivity index (χ0n) is 11.6. The third-order valence-corrected chi connectivity index (χ3v) is 2.71. The molecule has 110 valence electrons. The van der Waals surface area contributed by atoms with Gasteiger partial charge in [-0.1, -0.05) is 0 Å². The highest BCUT2D eigenvalue weighted by atomic mass is 16.6. The Hall–Kier alpha value is -2.90. The van der Waals surface area contributed by atoms with Crippen LogP contribution >= 0.6 is 0 Å². The number of aryl methyl sites for hydroxylation is 1. The van der Waals surface area contributed by atoms with Crippen molar-refractivity contribution < 1.29 is 14.5 Å². The highest BCUT2D eigenvalue weighted by Gasteiger charge is 2.21. The molecule has 2 aromatic rings. The number of hydrogen-bond donors (Lipinski definition) is 1. The monoisotopic (exact) mass is 290 g/mol. The van der Waals surface area contributed by atoms with Gasteiger partial charge in [0, 0.05) is 5.69 Å². The third kappa shape index (κ3) is 3.35. The lowest BCUT2D eigenvalue weighted by atomic mass is 10.3. The smallest absolute Gasteiger partial charge is 0.390 e. The van der Waals surface area contributed by atoms with Crippen molar-refractivity contribution in [3.63, 3.8) is 0 Å². The zero-order chi connectivity index (χ0) is 15.4. The Balaban J connectivity index is 2.12. The van der Waals surface area contributed by atoms with Crippen LogP contribution in [0.1, 0.15) is 17.4 Å². The van der Waals surface area contributed by atoms with Gasteiger partial charge in [0.15, 0.2) is 5.69 Å². The summed E-state index contributed by atoms with van der Waals surface area (Å²) in [6.07, 6.45) is 0. The van der Waals surface area contributed by atoms with Crippen molar-refractivity contribution in [1.82, 2.24) is 9.78 Å². The van der Waals surface area contributed by atoms with E-state index in [9.17, 15) is 14.9 Å². The van der Waals surface area contributed by atoms with Gasteiger partial charge in [-0.25, -0.2) is 0 Å². The van der Waals surface area contributed by atoms with Crippen molar-refractivity contribution >= 4 is 17.4 Å². The van der Waals surface area contributed by atoms with Crippen LogP contribution in [-0.4, -0.2) is 27.2 Å². The number of carbonyl (C=O) groups excluding carboxylic acids is 1. The van der Waals surface area contributed by atoms with Crippen molar-refractivity contribution in [2.75, 3.05) is 11.9 Å². The van der Waals surface area contributed by atoms with Gasteiger partial charge in [0.2, 0.25) is 0 Å². The van der Waals surface area contributed by atoms with E-state index in [1.165, 1.54) is 11.7 Å². The molecule has 2 rings (SSSR count). The largest absolute Gasteiger partial charge is 0.494 e. The lowest BCUT2D eigenvalue weighted by Gasteiger charge is -2.06. The second kappa shape index (κ2) is 6.04. The number of nitrogens with zero attached hydrogens (tertiary/aromatic N) is 3. The van der Waals surface area contributed by atoms with Crippen molar-refractivity contribution in [3.8, 4) is 5.75 Å². The quantitative estimate of drug-likeness (QED) is 0.670. The summed E-state index contributed by atoms with van der Waals surface area (Å²) in [7, 11) is 1.47. The van der Waals surface area contributed by atoms with E-state index in [0.29, 0.717) is 18.0 Å². The summed E-state index contributed by atoms with van der Waals surface area (Å²) >= 11 is 0. The molecule has 1 N–H and O–H groups in total. The molecule has 0 atom stereocenters. The van der Waals surface area contributed by atoms with Crippen molar-refractivity contribution in [2.24, 2.45) is 7.05 Å². The maximum atomic E-state index is 12.1. The first-order valence-electron chi connectivity index (χ1n) is 6.24. The van der Waals surface area contributed by atoms with Crippen molar-refractivity contribution in [3.05, 3.63) is 46.1 Å². The molecule has 0 aliphatic rings. The van der Waals surface area contributed by atoms with E-state index in [0.717, 1.165) is 6.07 Å². The summed E-state index contributed by atoms with van der Waals surface area (Å²) in [4.78, 5) is 22.0. The number of rotatable bonds is 5. The molecule has 0 unspecified atom stereocenters. The summed E-state index contributed by atoms with van der Waals surface area (Å²) in [5, 5.41) is 16.9. The fourth-order valence-electron chi connectivity index (χ4n) is 1.75. The first-order chi connectivity index (χ1) is 10.0. The Morgan fingerprint density at radius 2 is 2.10 bits per heavy atom. The van der Waals surface area contributed by atoms with Crippen LogP contribution in [0.4, 0.5) is 11.5 Å². The fraction of sp³-hybridized carbons (Fsp3) is 0.231. The maximum Gasteiger partial charge on any atom is 0.390 e. The molecule has 1 heterocycles. The minimum Gasteiger partial charge on any atom is -0.494 e. The molecule has 21 heavy (non-hydrogen) atoms. The summed E-state index contributed by atoms with van der Waals surface area (Å²) < 4.78 is 6.47. The molecule has 0 saturated heterocycles. The second-order valence-electron chi connectivity index (χ2n) is 4.18. The second-order valence-corrected chi connectivity index (χ2v) is 4.18. The van der Waals surface area contributed by atoms with Gasteiger partial charge in [-0.3, -0.25) is 4.79 Å². The van der Waals surface area contributed by atoms with Crippen LogP contribution in [0.15, 0.2) is 30.3 Å².